The van der Waals surface area contributed by atoms with Gasteiger partial charge in [-0.1, -0.05) is 139 Å². The first kappa shape index (κ1) is 36.3. The first-order valence-electron chi connectivity index (χ1n) is 22.4. The largest absolute Gasteiger partial charge is 0.334 e. The molecule has 0 spiro atoms. The van der Waals surface area contributed by atoms with Crippen molar-refractivity contribution in [2.24, 2.45) is 10.8 Å². The third-order valence-corrected chi connectivity index (χ3v) is 16.7. The summed E-state index contributed by atoms with van der Waals surface area (Å²) in [4.78, 5) is 5.36. The summed E-state index contributed by atoms with van der Waals surface area (Å²) in [7, 11) is 0. The number of hydrogen-bond acceptors (Lipinski definition) is 2. The van der Waals surface area contributed by atoms with Gasteiger partial charge in [0.05, 0.1) is 11.1 Å². The molecule has 2 heteroatoms. The zero-order valence-corrected chi connectivity index (χ0v) is 36.6. The normalized spacial score (nSPS) is 27.2. The lowest BCUT2D eigenvalue weighted by molar-refractivity contribution is 0.330. The predicted molar refractivity (Wildman–Crippen MR) is 256 cm³/mol. The van der Waals surface area contributed by atoms with Crippen molar-refractivity contribution in [1.29, 1.82) is 0 Å². The Morgan fingerprint density at radius 2 is 0.767 bits per heavy atom. The van der Waals surface area contributed by atoms with E-state index in [1.54, 1.807) is 0 Å². The van der Waals surface area contributed by atoms with Crippen LogP contribution >= 0.6 is 0 Å². The van der Waals surface area contributed by atoms with E-state index in [0.29, 0.717) is 0 Å². The van der Waals surface area contributed by atoms with Gasteiger partial charge in [-0.2, -0.15) is 0 Å². The number of nitrogens with zero attached hydrogens (tertiary/aromatic N) is 2. The lowest BCUT2D eigenvalue weighted by Crippen LogP contribution is -2.49. The number of fused-ring (bicyclic) bond motifs is 6. The predicted octanol–water partition coefficient (Wildman–Crippen LogP) is 15.9. The first-order valence-corrected chi connectivity index (χ1v) is 22.4. The second kappa shape index (κ2) is 11.6. The molecule has 2 aliphatic heterocycles. The topological polar surface area (TPSA) is 6.48 Å². The van der Waals surface area contributed by atoms with E-state index in [-0.39, 0.29) is 32.7 Å². The third-order valence-electron chi connectivity index (χ3n) is 16.7. The highest BCUT2D eigenvalue weighted by atomic mass is 15.3. The van der Waals surface area contributed by atoms with E-state index in [0.717, 1.165) is 12.8 Å². The van der Waals surface area contributed by atoms with Gasteiger partial charge in [-0.05, 0) is 165 Å². The quantitative estimate of drug-likeness (QED) is 0.164. The Morgan fingerprint density at radius 1 is 0.383 bits per heavy atom. The van der Waals surface area contributed by atoms with Crippen LogP contribution in [0.25, 0.3) is 54.6 Å². The fourth-order valence-corrected chi connectivity index (χ4v) is 14.6. The van der Waals surface area contributed by atoms with Crippen LogP contribution in [0.2, 0.25) is 0 Å². The zero-order chi connectivity index (χ0) is 41.2. The number of rotatable bonds is 4. The van der Waals surface area contributed by atoms with Crippen molar-refractivity contribution in [3.63, 3.8) is 0 Å². The molecule has 0 aromatic heterocycles. The lowest BCUT2D eigenvalue weighted by atomic mass is 9.71. The summed E-state index contributed by atoms with van der Waals surface area (Å²) in [6.45, 7) is 20.0. The second-order valence-electron chi connectivity index (χ2n) is 21.7. The Balaban J connectivity index is 1.02. The molecule has 60 heavy (non-hydrogen) atoms. The molecule has 2 fully saturated rings. The minimum absolute atomic E-state index is 0.0146. The monoisotopic (exact) mass is 780 g/mol. The van der Waals surface area contributed by atoms with E-state index in [1.807, 2.05) is 0 Å². The second-order valence-corrected chi connectivity index (χ2v) is 21.7. The molecule has 2 nitrogen and oxygen atoms in total. The van der Waals surface area contributed by atoms with Crippen LogP contribution in [0.4, 0.5) is 22.7 Å². The van der Waals surface area contributed by atoms with Gasteiger partial charge in [0.2, 0.25) is 0 Å². The van der Waals surface area contributed by atoms with Gasteiger partial charge in [0.25, 0.3) is 0 Å². The van der Waals surface area contributed by atoms with E-state index in [2.05, 4.69) is 211 Å². The Kier molecular flexibility index (Phi) is 7.02. The van der Waals surface area contributed by atoms with Crippen LogP contribution in [0, 0.1) is 10.8 Å². The molecule has 0 saturated heterocycles. The van der Waals surface area contributed by atoms with Gasteiger partial charge in [0.15, 0.2) is 0 Å². The van der Waals surface area contributed by atoms with Gasteiger partial charge in [0.1, 0.15) is 0 Å². The molecular weight excluding hydrogens is 725 g/mol. The highest BCUT2D eigenvalue weighted by Gasteiger charge is 2.65. The Morgan fingerprint density at radius 3 is 1.17 bits per heavy atom. The molecule has 0 N–H and O–H groups in total. The number of anilines is 4. The van der Waals surface area contributed by atoms with Crippen LogP contribution in [0.15, 0.2) is 146 Å². The van der Waals surface area contributed by atoms with Crippen molar-refractivity contribution in [2.75, 3.05) is 9.80 Å². The summed E-state index contributed by atoms with van der Waals surface area (Å²) < 4.78 is 0. The van der Waals surface area contributed by atoms with Crippen molar-refractivity contribution in [3.05, 3.63) is 157 Å². The smallest absolute Gasteiger partial charge is 0.0523 e. The van der Waals surface area contributed by atoms with Crippen molar-refractivity contribution >= 4 is 55.1 Å². The maximum absolute atomic E-state index is 2.68. The first-order chi connectivity index (χ1) is 28.6. The molecule has 8 aromatic rings. The number of benzene rings is 8. The van der Waals surface area contributed by atoms with Gasteiger partial charge in [-0.15, -0.1) is 0 Å². The Labute approximate surface area is 356 Å². The molecule has 12 rings (SSSR count). The number of hydrogen-bond donors (Lipinski definition) is 0. The summed E-state index contributed by atoms with van der Waals surface area (Å²) in [6, 6.07) is 56.0. The molecule has 298 valence electrons. The van der Waals surface area contributed by atoms with E-state index >= 15 is 0 Å². The van der Waals surface area contributed by atoms with Gasteiger partial charge >= 0.3 is 0 Å². The van der Waals surface area contributed by atoms with Crippen LogP contribution in [-0.2, 0) is 10.8 Å². The van der Waals surface area contributed by atoms with Crippen LogP contribution < -0.4 is 9.80 Å². The fraction of sp³-hybridized carbons (Fsp3) is 0.310. The van der Waals surface area contributed by atoms with Gasteiger partial charge in [-0.25, -0.2) is 0 Å². The minimum Gasteiger partial charge on any atom is -0.334 e. The van der Waals surface area contributed by atoms with Gasteiger partial charge in [-0.3, -0.25) is 0 Å². The molecule has 8 aromatic carbocycles. The molecule has 2 saturated carbocycles. The maximum atomic E-state index is 2.68. The Hall–Kier alpha value is -5.60. The zero-order valence-electron chi connectivity index (χ0n) is 36.6. The average molecular weight is 781 g/mol. The number of para-hydroxylation sites is 2. The summed E-state index contributed by atoms with van der Waals surface area (Å²) in [6.07, 6.45) is 4.65. The third kappa shape index (κ3) is 4.55. The molecule has 4 aliphatic rings. The average Bonchev–Trinajstić information content (AvgIpc) is 3.71. The molecule has 4 unspecified atom stereocenters. The van der Waals surface area contributed by atoms with E-state index in [4.69, 9.17) is 0 Å². The van der Waals surface area contributed by atoms with E-state index in [9.17, 15) is 0 Å². The highest BCUT2D eigenvalue weighted by molar-refractivity contribution is 6.27. The van der Waals surface area contributed by atoms with Crippen molar-refractivity contribution in [3.8, 4) is 22.3 Å². The van der Waals surface area contributed by atoms with Crippen LogP contribution in [0.1, 0.15) is 92.2 Å². The standard InChI is InChI=1S/C58H56N2/c1-53(2)33-55(5)47-31-39(23-29-49(47)59(57(55,7)35-53)41-15-11-9-12-16-41)43-25-19-37-22-28-46-44(26-20-38-21-27-45(43)51(37)52(38)46)40-24-30-50-48(32-40)56(6)34-54(3,4)36-58(56,8)60(50)42-17-13-10-14-18-42/h9-32H,33-36H2,1-8H3. The minimum atomic E-state index is -0.0146. The van der Waals surface area contributed by atoms with Crippen LogP contribution in [-0.4, -0.2) is 11.1 Å². The molecule has 0 radical (unpaired) electrons. The van der Waals surface area contributed by atoms with Crippen LogP contribution in [0.3, 0.4) is 0 Å². The summed E-state index contributed by atoms with van der Waals surface area (Å²) >= 11 is 0. The Bertz CT molecular complexity index is 2860. The molecule has 2 heterocycles. The van der Waals surface area contributed by atoms with Crippen molar-refractivity contribution in [1.82, 2.24) is 0 Å². The van der Waals surface area contributed by atoms with Crippen LogP contribution in [0.5, 0.6) is 0 Å². The maximum Gasteiger partial charge on any atom is 0.0523 e. The van der Waals surface area contributed by atoms with E-state index < -0.39 is 0 Å². The molecule has 2 aliphatic carbocycles. The van der Waals surface area contributed by atoms with Gasteiger partial charge < -0.3 is 9.80 Å². The fourth-order valence-electron chi connectivity index (χ4n) is 14.6. The molecule has 0 bridgehead atoms. The van der Waals surface area contributed by atoms with Gasteiger partial charge in [0, 0.05) is 33.6 Å². The summed E-state index contributed by atoms with van der Waals surface area (Å²) in [5.74, 6) is 0. The van der Waals surface area contributed by atoms with Crippen molar-refractivity contribution < 1.29 is 0 Å². The summed E-state index contributed by atoms with van der Waals surface area (Å²) in [5, 5.41) is 8.04. The van der Waals surface area contributed by atoms with Crippen molar-refractivity contribution in [2.45, 2.75) is 103 Å². The molecule has 4 atom stereocenters. The molecular formula is C58H56N2. The summed E-state index contributed by atoms with van der Waals surface area (Å²) in [5.41, 5.74) is 14.1. The van der Waals surface area contributed by atoms with E-state index in [1.165, 1.54) is 101 Å². The molecule has 0 amide bonds. The SMILES string of the molecule is CC1(C)CC2(C)c3cc(-c4ccc5ccc6c(-c7ccc8c(c7)C7(C)CC(C)(C)CC7(C)N8c7ccccc7)ccc7ccc4c5c76)ccc3N(c3ccccc3)C2(C)C1. The lowest BCUT2D eigenvalue weighted by Gasteiger charge is -2.42. The highest BCUT2D eigenvalue weighted by Crippen LogP contribution is 2.68.